The molecule has 2 unspecified atom stereocenters. The van der Waals surface area contributed by atoms with Gasteiger partial charge >= 0.3 is 0 Å². The van der Waals surface area contributed by atoms with Crippen molar-refractivity contribution < 1.29 is 18.3 Å². The molecule has 45 heavy (non-hydrogen) atoms. The maximum absolute atomic E-state index is 16.2. The van der Waals surface area contributed by atoms with Crippen LogP contribution in [0.25, 0.3) is 22.0 Å². The zero-order valence-electron chi connectivity index (χ0n) is 25.2. The Morgan fingerprint density at radius 2 is 2.02 bits per heavy atom. The molecule has 3 heterocycles. The molecule has 1 amide bonds. The first-order valence-corrected chi connectivity index (χ1v) is 15.5. The van der Waals surface area contributed by atoms with Crippen LogP contribution in [0.1, 0.15) is 41.9 Å². The molecular weight excluding hydrogens is 574 g/mol. The third kappa shape index (κ3) is 5.07. The normalized spacial score (nSPS) is 25.4. The fraction of sp³-hybridized carbons (Fsp3) is 0.429. The van der Waals surface area contributed by atoms with Gasteiger partial charge in [0.25, 0.3) is 0 Å². The average molecular weight is 609 g/mol. The van der Waals surface area contributed by atoms with Gasteiger partial charge in [0.2, 0.25) is 11.8 Å². The van der Waals surface area contributed by atoms with Crippen molar-refractivity contribution in [2.24, 2.45) is 5.92 Å². The second kappa shape index (κ2) is 11.4. The molecule has 4 aliphatic rings. The van der Waals surface area contributed by atoms with E-state index in [-0.39, 0.29) is 43.0 Å². The van der Waals surface area contributed by atoms with Crippen LogP contribution in [0.15, 0.2) is 43.0 Å². The topological polar surface area (TPSA) is 96.5 Å². The molecule has 0 bridgehead atoms. The number of benzene rings is 2. The lowest BCUT2D eigenvalue weighted by molar-refractivity contribution is -0.128. The summed E-state index contributed by atoms with van der Waals surface area (Å²) in [6, 6.07) is 13.1. The van der Waals surface area contributed by atoms with Crippen LogP contribution in [-0.4, -0.2) is 78.8 Å². The maximum atomic E-state index is 16.2. The predicted octanol–water partition coefficient (Wildman–Crippen LogP) is 5.11. The summed E-state index contributed by atoms with van der Waals surface area (Å²) in [6.07, 6.45) is 2.85. The number of likely N-dealkylation sites (tertiary alicyclic amines) is 1. The van der Waals surface area contributed by atoms with Gasteiger partial charge in [-0.25, -0.2) is 13.8 Å². The van der Waals surface area contributed by atoms with Crippen molar-refractivity contribution in [2.75, 3.05) is 44.7 Å². The van der Waals surface area contributed by atoms with Crippen molar-refractivity contribution in [3.05, 3.63) is 65.5 Å². The number of hydrogen-bond donors (Lipinski definition) is 0. The molecule has 230 valence electrons. The molecule has 8 nitrogen and oxygen atoms in total. The molecule has 0 N–H and O–H groups in total. The lowest BCUT2D eigenvalue weighted by atomic mass is 9.92. The van der Waals surface area contributed by atoms with Crippen LogP contribution in [0.2, 0.25) is 0 Å². The third-order valence-corrected chi connectivity index (χ3v) is 10.0. The number of nitriles is 2. The van der Waals surface area contributed by atoms with Gasteiger partial charge < -0.3 is 14.5 Å². The van der Waals surface area contributed by atoms with E-state index in [1.54, 1.807) is 11.0 Å². The summed E-state index contributed by atoms with van der Waals surface area (Å²) in [5.41, 5.74) is 4.90. The number of piperazine rings is 1. The van der Waals surface area contributed by atoms with Gasteiger partial charge in [-0.3, -0.25) is 9.69 Å². The Kier molecular flexibility index (Phi) is 7.41. The van der Waals surface area contributed by atoms with Crippen molar-refractivity contribution in [3.8, 4) is 29.1 Å². The number of halogens is 2. The van der Waals surface area contributed by atoms with Gasteiger partial charge in [0.15, 0.2) is 0 Å². The van der Waals surface area contributed by atoms with E-state index in [9.17, 15) is 19.7 Å². The second-order valence-electron chi connectivity index (χ2n) is 12.7. The number of hydrogen-bond acceptors (Lipinski definition) is 7. The summed E-state index contributed by atoms with van der Waals surface area (Å²) < 4.78 is 36.6. The number of carbonyl (C=O) groups excluding carboxylic acids is 1. The molecule has 2 aliphatic carbocycles. The fourth-order valence-corrected chi connectivity index (χ4v) is 7.69. The molecule has 7 rings (SSSR count). The van der Waals surface area contributed by atoms with Crippen LogP contribution >= 0.6 is 0 Å². The molecule has 3 aromatic rings. The van der Waals surface area contributed by atoms with Crippen molar-refractivity contribution in [2.45, 2.75) is 49.9 Å². The standard InChI is InChI=1S/C35H34F2N6O2/c1-3-32(44)43-10-9-42(18-23(43)7-8-38)34-28-14-30(37)27(25-6-4-5-20-11-21-12-26(21)33(20)25)15-31(28)40-35(29(34)16-39)45-19-24-13-22(36)17-41(24)2/h3-6,14-15,21-24,26H,1,7,9-13,17-19H2,2H3/t21?,22-,23+,24+,26?/m1/s1. The monoisotopic (exact) mass is 608 g/mol. The van der Waals surface area contributed by atoms with Gasteiger partial charge in [-0.05, 0) is 73.0 Å². The highest BCUT2D eigenvalue weighted by atomic mass is 19.1. The molecule has 1 saturated carbocycles. The van der Waals surface area contributed by atoms with Crippen LogP contribution in [-0.2, 0) is 11.2 Å². The minimum atomic E-state index is -0.949. The van der Waals surface area contributed by atoms with Gasteiger partial charge in [-0.1, -0.05) is 24.8 Å². The summed E-state index contributed by atoms with van der Waals surface area (Å²) in [4.78, 5) is 22.8. The van der Waals surface area contributed by atoms with Gasteiger partial charge in [-0.2, -0.15) is 10.5 Å². The van der Waals surface area contributed by atoms with E-state index in [1.807, 2.05) is 29.0 Å². The molecular formula is C35H34F2N6O2. The lowest BCUT2D eigenvalue weighted by Crippen LogP contribution is -2.55. The predicted molar refractivity (Wildman–Crippen MR) is 166 cm³/mol. The average Bonchev–Trinajstić information content (AvgIpc) is 3.58. The summed E-state index contributed by atoms with van der Waals surface area (Å²) in [5.74, 6) is 0.531. The smallest absolute Gasteiger partial charge is 0.246 e. The van der Waals surface area contributed by atoms with Crippen molar-refractivity contribution in [3.63, 3.8) is 0 Å². The Balaban J connectivity index is 1.35. The largest absolute Gasteiger partial charge is 0.475 e. The first-order valence-electron chi connectivity index (χ1n) is 15.5. The first-order chi connectivity index (χ1) is 21.8. The van der Waals surface area contributed by atoms with Gasteiger partial charge in [0.1, 0.15) is 30.2 Å². The Bertz CT molecular complexity index is 1800. The zero-order chi connectivity index (χ0) is 31.4. The Morgan fingerprint density at radius 3 is 2.76 bits per heavy atom. The Morgan fingerprint density at radius 1 is 1.18 bits per heavy atom. The zero-order valence-corrected chi connectivity index (χ0v) is 25.2. The highest BCUT2D eigenvalue weighted by molar-refractivity contribution is 5.99. The number of carbonyl (C=O) groups is 1. The Labute approximate surface area is 261 Å². The number of ether oxygens (including phenoxy) is 1. The number of amides is 1. The quantitative estimate of drug-likeness (QED) is 0.344. The molecule has 2 saturated heterocycles. The number of fused-ring (bicyclic) bond motifs is 4. The third-order valence-electron chi connectivity index (χ3n) is 10.0. The van der Waals surface area contributed by atoms with E-state index in [1.165, 1.54) is 23.3 Å². The van der Waals surface area contributed by atoms with E-state index >= 15 is 4.39 Å². The summed E-state index contributed by atoms with van der Waals surface area (Å²) >= 11 is 0. The SMILES string of the molecule is C=CC(=O)N1CCN(c2c(C#N)c(OC[C@@H]3C[C@@H](F)CN3C)nc3cc(-c4cccc5c4C4CC4C5)c(F)cc23)C[C@@H]1CC#N. The van der Waals surface area contributed by atoms with Crippen molar-refractivity contribution in [1.29, 1.82) is 10.5 Å². The number of rotatable bonds is 7. The minimum Gasteiger partial charge on any atom is -0.475 e. The van der Waals surface area contributed by atoms with E-state index < -0.39 is 18.0 Å². The van der Waals surface area contributed by atoms with Crippen molar-refractivity contribution >= 4 is 22.5 Å². The summed E-state index contributed by atoms with van der Waals surface area (Å²) in [7, 11) is 1.84. The molecule has 5 atom stereocenters. The van der Waals surface area contributed by atoms with Crippen LogP contribution < -0.4 is 9.64 Å². The van der Waals surface area contributed by atoms with E-state index in [0.29, 0.717) is 60.0 Å². The maximum Gasteiger partial charge on any atom is 0.246 e. The lowest BCUT2D eigenvalue weighted by Gasteiger charge is -2.42. The number of anilines is 1. The first kappa shape index (κ1) is 29.2. The molecule has 0 spiro atoms. The molecule has 3 fully saturated rings. The number of nitrogens with zero attached hydrogens (tertiary/aromatic N) is 6. The molecule has 2 aliphatic heterocycles. The van der Waals surface area contributed by atoms with E-state index in [0.717, 1.165) is 18.4 Å². The molecule has 0 radical (unpaired) electrons. The second-order valence-corrected chi connectivity index (χ2v) is 12.7. The summed E-state index contributed by atoms with van der Waals surface area (Å²) in [5, 5.41) is 20.5. The highest BCUT2D eigenvalue weighted by Crippen LogP contribution is 2.59. The van der Waals surface area contributed by atoms with Gasteiger partial charge in [0.05, 0.1) is 29.7 Å². The van der Waals surface area contributed by atoms with Crippen LogP contribution in [0.5, 0.6) is 5.88 Å². The van der Waals surface area contributed by atoms with Gasteiger partial charge in [0, 0.05) is 43.2 Å². The number of alkyl halides is 1. The number of pyridine rings is 1. The van der Waals surface area contributed by atoms with Crippen LogP contribution in [0.4, 0.5) is 14.5 Å². The minimum absolute atomic E-state index is 0.0859. The van der Waals surface area contributed by atoms with E-state index in [2.05, 4.69) is 24.8 Å². The summed E-state index contributed by atoms with van der Waals surface area (Å²) in [6.45, 7) is 4.96. The van der Waals surface area contributed by atoms with E-state index in [4.69, 9.17) is 9.72 Å². The van der Waals surface area contributed by atoms with Crippen LogP contribution in [0, 0.1) is 34.4 Å². The highest BCUT2D eigenvalue weighted by Gasteiger charge is 2.46. The molecule has 2 aromatic carbocycles. The number of likely N-dealkylation sites (N-methyl/N-ethyl adjacent to an activating group) is 1. The van der Waals surface area contributed by atoms with Crippen molar-refractivity contribution in [1.82, 2.24) is 14.8 Å². The number of aromatic nitrogens is 1. The van der Waals surface area contributed by atoms with Gasteiger partial charge in [-0.15, -0.1) is 0 Å². The molecule has 1 aromatic heterocycles. The Hall–Kier alpha value is -4.54. The molecule has 10 heteroatoms. The van der Waals surface area contributed by atoms with Crippen LogP contribution in [0.3, 0.4) is 0 Å². The fourth-order valence-electron chi connectivity index (χ4n) is 7.69.